The summed E-state index contributed by atoms with van der Waals surface area (Å²) in [4.78, 5) is 44.1. The van der Waals surface area contributed by atoms with Gasteiger partial charge in [0, 0.05) is 28.4 Å². The Hall–Kier alpha value is -3.70. The highest BCUT2D eigenvalue weighted by atomic mass is 35.5. The van der Waals surface area contributed by atoms with Gasteiger partial charge < -0.3 is 26.6 Å². The number of carbonyl (C=O) groups is 3. The first kappa shape index (κ1) is 48.7. The van der Waals surface area contributed by atoms with Crippen LogP contribution < -0.4 is 21.7 Å². The van der Waals surface area contributed by atoms with Crippen molar-refractivity contribution >= 4 is 56.7 Å². The van der Waals surface area contributed by atoms with Crippen molar-refractivity contribution in [3.05, 3.63) is 87.4 Å². The Morgan fingerprint density at radius 1 is 1.00 bits per heavy atom. The lowest BCUT2D eigenvalue weighted by Gasteiger charge is -2.50. The standard InChI is InChI=1S/C30H34Cl2FN5O4.C7H8O3S.2C2H6.H2O/c1-28(2)8-10-29(11-9-28)30(18-5-3-15(31)13-19(18)37-27(30)41)21(17-7-12-35-24(32)22(17)33)23(38-29)26(40)36-16-4-6-20(25(34)39)42-14-16;1-6-2-4-7(5-3-6)11(8,9)10;2*1-2;/h3,5,7,12-13,16,20-21,23,38H,4,6,8-11,14H2,1-2H3,(H2,34,39)(H,36,40)(H,37,41);2-5H,1H3,(H,8,9,10);2*1-2H3;1H2/t16-,20+,21+,23-,30-;;;;/m1..../s1. The normalized spacial score (nSPS) is 24.9. The van der Waals surface area contributed by atoms with E-state index in [9.17, 15) is 22.8 Å². The number of rotatable bonds is 5. The van der Waals surface area contributed by atoms with Crippen LogP contribution in [0.25, 0.3) is 0 Å². The minimum atomic E-state index is -4.02. The van der Waals surface area contributed by atoms with Gasteiger partial charge in [0.2, 0.25) is 17.7 Å². The number of nitrogens with one attached hydrogen (secondary N) is 3. The maximum Gasteiger partial charge on any atom is 0.294 e. The SMILES string of the molecule is CC.CC.CC1(C)CCC2(CC1)N[C@@H](C(=O)N[C@@H]1CC[C@@H](C(N)=O)OC1)[C@H](c1ccnc(Cl)c1F)[C@]21C(=O)Nc2cc(Cl)ccc21.Cc1ccc(S(=O)(=O)O)cc1.O. The molecular weight excluding hydrogens is 812 g/mol. The van der Waals surface area contributed by atoms with Crippen LogP contribution in [-0.4, -0.2) is 71.5 Å². The number of hydrogen-bond acceptors (Lipinski definition) is 8. The van der Waals surface area contributed by atoms with Crippen LogP contribution in [-0.2, 0) is 34.7 Å². The number of nitrogens with zero attached hydrogens (tertiary/aromatic N) is 1. The third-order valence-electron chi connectivity index (χ3n) is 11.2. The lowest BCUT2D eigenvalue weighted by atomic mass is 9.53. The molecule has 3 fully saturated rings. The molecule has 4 aliphatic rings. The Morgan fingerprint density at radius 2 is 1.62 bits per heavy atom. The van der Waals surface area contributed by atoms with Gasteiger partial charge in [0.15, 0.2) is 11.0 Å². The lowest BCUT2D eigenvalue weighted by molar-refractivity contribution is -0.134. The topological polar surface area (TPSA) is 221 Å². The number of fused-ring (bicyclic) bond motifs is 3. The third-order valence-corrected chi connectivity index (χ3v) is 12.6. The number of carbonyl (C=O) groups excluding carboxylic acids is 3. The summed E-state index contributed by atoms with van der Waals surface area (Å²) in [6.07, 6.45) is 4.31. The van der Waals surface area contributed by atoms with Crippen molar-refractivity contribution in [2.45, 2.75) is 127 Å². The number of aromatic nitrogens is 1. The minimum Gasteiger partial charge on any atom is -0.412 e. The molecule has 7 rings (SSSR count). The zero-order valence-electron chi connectivity index (χ0n) is 33.9. The number of amides is 3. The molecule has 1 aromatic heterocycles. The van der Waals surface area contributed by atoms with Gasteiger partial charge in [-0.05, 0) is 92.3 Å². The fraction of sp³-hybridized carbons (Fsp3) is 0.512. The van der Waals surface area contributed by atoms with E-state index in [0.717, 1.165) is 18.4 Å². The number of aryl methyl sites for hydroxylation is 1. The Morgan fingerprint density at radius 3 is 2.17 bits per heavy atom. The minimum absolute atomic E-state index is 0. The summed E-state index contributed by atoms with van der Waals surface area (Å²) in [5, 5.41) is 9.81. The van der Waals surface area contributed by atoms with E-state index in [0.29, 0.717) is 42.0 Å². The summed E-state index contributed by atoms with van der Waals surface area (Å²) >= 11 is 12.5. The predicted molar refractivity (Wildman–Crippen MR) is 223 cm³/mol. The van der Waals surface area contributed by atoms with Gasteiger partial charge in [-0.25, -0.2) is 9.37 Å². The van der Waals surface area contributed by atoms with Crippen LogP contribution in [0.15, 0.2) is 59.6 Å². The van der Waals surface area contributed by atoms with E-state index in [4.69, 9.17) is 38.2 Å². The number of halogens is 3. The van der Waals surface area contributed by atoms with Gasteiger partial charge in [-0.2, -0.15) is 8.42 Å². The molecule has 3 aliphatic heterocycles. The Bertz CT molecular complexity index is 2040. The monoisotopic (exact) mass is 867 g/mol. The predicted octanol–water partition coefficient (Wildman–Crippen LogP) is 6.43. The van der Waals surface area contributed by atoms with Crippen molar-refractivity contribution in [1.29, 1.82) is 0 Å². The molecule has 0 radical (unpaired) electrons. The molecule has 0 bridgehead atoms. The molecule has 8 N–H and O–H groups in total. The fourth-order valence-corrected chi connectivity index (χ4v) is 9.24. The number of anilines is 1. The lowest BCUT2D eigenvalue weighted by Crippen LogP contribution is -2.61. The number of nitrogens with two attached hydrogens (primary N) is 1. The van der Waals surface area contributed by atoms with Gasteiger partial charge in [-0.1, -0.05) is 88.5 Å². The highest BCUT2D eigenvalue weighted by Gasteiger charge is 2.73. The molecule has 5 atom stereocenters. The van der Waals surface area contributed by atoms with E-state index < -0.39 is 56.8 Å². The van der Waals surface area contributed by atoms with E-state index in [1.165, 1.54) is 24.4 Å². The first-order valence-corrected chi connectivity index (χ1v) is 21.5. The molecule has 1 aliphatic carbocycles. The van der Waals surface area contributed by atoms with Gasteiger partial charge in [-0.15, -0.1) is 0 Å². The summed E-state index contributed by atoms with van der Waals surface area (Å²) in [7, 11) is -4.02. The van der Waals surface area contributed by atoms with E-state index in [2.05, 4.69) is 34.8 Å². The maximum atomic E-state index is 16.0. The molecule has 320 valence electrons. The van der Waals surface area contributed by atoms with E-state index in [1.54, 1.807) is 24.3 Å². The average Bonchev–Trinajstić information content (AvgIpc) is 3.63. The van der Waals surface area contributed by atoms with E-state index in [-0.39, 0.29) is 45.1 Å². The molecule has 17 heteroatoms. The Kier molecular flexibility index (Phi) is 16.4. The van der Waals surface area contributed by atoms with Crippen LogP contribution in [0.5, 0.6) is 0 Å². The van der Waals surface area contributed by atoms with E-state index >= 15 is 4.39 Å². The zero-order chi connectivity index (χ0) is 42.5. The molecule has 58 heavy (non-hydrogen) atoms. The Labute approximate surface area is 350 Å². The molecular formula is C41H56Cl2FN5O8S. The first-order chi connectivity index (χ1) is 26.9. The summed E-state index contributed by atoms with van der Waals surface area (Å²) in [6, 6.07) is 11.3. The van der Waals surface area contributed by atoms with Gasteiger partial charge in [0.1, 0.15) is 11.5 Å². The molecule has 2 spiro atoms. The first-order valence-electron chi connectivity index (χ1n) is 19.3. The van der Waals surface area contributed by atoms with Crippen LogP contribution in [0.1, 0.15) is 103 Å². The van der Waals surface area contributed by atoms with Crippen LogP contribution in [0.4, 0.5) is 10.1 Å². The average molecular weight is 869 g/mol. The van der Waals surface area contributed by atoms with Crippen LogP contribution in [0, 0.1) is 18.2 Å². The van der Waals surface area contributed by atoms with Gasteiger partial charge >= 0.3 is 0 Å². The largest absolute Gasteiger partial charge is 0.412 e. The summed E-state index contributed by atoms with van der Waals surface area (Å²) in [6.45, 7) is 14.3. The molecule has 4 heterocycles. The summed E-state index contributed by atoms with van der Waals surface area (Å²) < 4.78 is 51.1. The van der Waals surface area contributed by atoms with Crippen molar-refractivity contribution in [3.63, 3.8) is 0 Å². The van der Waals surface area contributed by atoms with Gasteiger partial charge in [0.25, 0.3) is 10.1 Å². The van der Waals surface area contributed by atoms with Crippen molar-refractivity contribution in [2.75, 3.05) is 11.9 Å². The molecule has 2 saturated heterocycles. The van der Waals surface area contributed by atoms with Gasteiger partial charge in [-0.3, -0.25) is 24.3 Å². The molecule has 13 nitrogen and oxygen atoms in total. The molecule has 1 saturated carbocycles. The zero-order valence-corrected chi connectivity index (χ0v) is 36.2. The van der Waals surface area contributed by atoms with Crippen molar-refractivity contribution in [2.24, 2.45) is 11.1 Å². The van der Waals surface area contributed by atoms with Crippen LogP contribution in [0.2, 0.25) is 10.2 Å². The van der Waals surface area contributed by atoms with Gasteiger partial charge in [0.05, 0.1) is 23.6 Å². The number of ether oxygens (including phenoxy) is 1. The number of hydrogen-bond donors (Lipinski definition) is 5. The van der Waals surface area contributed by atoms with Crippen molar-refractivity contribution in [3.8, 4) is 0 Å². The molecule has 2 aromatic carbocycles. The second kappa shape index (κ2) is 19.6. The highest BCUT2D eigenvalue weighted by Crippen LogP contribution is 2.64. The van der Waals surface area contributed by atoms with Crippen molar-refractivity contribution < 1.29 is 42.0 Å². The van der Waals surface area contributed by atoms with E-state index in [1.807, 2.05) is 40.7 Å². The number of primary amides is 1. The second-order valence-electron chi connectivity index (χ2n) is 15.1. The Balaban J connectivity index is 0.000000481. The van der Waals surface area contributed by atoms with Crippen molar-refractivity contribution in [1.82, 2.24) is 15.6 Å². The molecule has 3 amide bonds. The quantitative estimate of drug-likeness (QED) is 0.141. The number of pyridine rings is 1. The fourth-order valence-electron chi connectivity index (χ4n) is 8.42. The number of benzene rings is 2. The van der Waals surface area contributed by atoms with Crippen LogP contribution in [0.3, 0.4) is 0 Å². The smallest absolute Gasteiger partial charge is 0.294 e. The molecule has 0 unspecified atom stereocenters. The summed E-state index contributed by atoms with van der Waals surface area (Å²) in [5.41, 5.74) is 5.50. The highest BCUT2D eigenvalue weighted by molar-refractivity contribution is 7.85. The third kappa shape index (κ3) is 9.67. The summed E-state index contributed by atoms with van der Waals surface area (Å²) in [5.74, 6) is -2.99. The second-order valence-corrected chi connectivity index (χ2v) is 17.3. The van der Waals surface area contributed by atoms with Crippen LogP contribution >= 0.6 is 23.2 Å². The molecule has 3 aromatic rings. The maximum absolute atomic E-state index is 16.0.